The number of ether oxygens (including phenoxy) is 4. The molecule has 5 rings (SSSR count). The number of hydrogen-bond acceptors (Lipinski definition) is 7. The van der Waals surface area contributed by atoms with Gasteiger partial charge >= 0.3 is 0 Å². The summed E-state index contributed by atoms with van der Waals surface area (Å²) in [4.78, 5) is 14.4. The van der Waals surface area contributed by atoms with E-state index in [-0.39, 0.29) is 37.3 Å². The van der Waals surface area contributed by atoms with Crippen LogP contribution < -0.4 is 4.90 Å². The van der Waals surface area contributed by atoms with E-state index in [4.69, 9.17) is 18.9 Å². The Hall–Kier alpha value is -3.18. The Morgan fingerprint density at radius 3 is 1.98 bits per heavy atom. The third-order valence-corrected chi connectivity index (χ3v) is 8.80. The van der Waals surface area contributed by atoms with Gasteiger partial charge < -0.3 is 34.1 Å². The molecule has 0 bridgehead atoms. The summed E-state index contributed by atoms with van der Waals surface area (Å²) < 4.78 is 34.9. The van der Waals surface area contributed by atoms with Gasteiger partial charge in [-0.3, -0.25) is 4.79 Å². The Balaban J connectivity index is 0.000000401. The van der Waals surface area contributed by atoms with Crippen LogP contribution in [0.15, 0.2) is 72.8 Å². The highest BCUT2D eigenvalue weighted by atomic mass is 19.1. The maximum atomic E-state index is 12.5. The Morgan fingerprint density at radius 2 is 1.44 bits per heavy atom. The Morgan fingerprint density at radius 1 is 0.875 bits per heavy atom. The topological polar surface area (TPSA) is 97.7 Å². The molecule has 0 aromatic heterocycles. The lowest BCUT2D eigenvalue weighted by molar-refractivity contribution is -0.302. The van der Waals surface area contributed by atoms with Crippen molar-refractivity contribution in [2.24, 2.45) is 0 Å². The predicted molar refractivity (Wildman–Crippen MR) is 184 cm³/mol. The second-order valence-corrected chi connectivity index (χ2v) is 12.9. The van der Waals surface area contributed by atoms with Gasteiger partial charge in [-0.25, -0.2) is 4.39 Å². The molecule has 9 heteroatoms. The molecular weight excluding hydrogens is 613 g/mol. The van der Waals surface area contributed by atoms with Gasteiger partial charge in [-0.05, 0) is 99.9 Å². The molecule has 0 spiro atoms. The minimum atomic E-state index is -0.968. The molecule has 2 saturated heterocycles. The van der Waals surface area contributed by atoms with Crippen molar-refractivity contribution >= 4 is 11.6 Å². The van der Waals surface area contributed by atoms with E-state index in [1.165, 1.54) is 17.7 Å². The molecule has 48 heavy (non-hydrogen) atoms. The van der Waals surface area contributed by atoms with Crippen molar-refractivity contribution < 1.29 is 38.3 Å². The van der Waals surface area contributed by atoms with Gasteiger partial charge in [-0.1, -0.05) is 55.5 Å². The number of benzene rings is 3. The summed E-state index contributed by atoms with van der Waals surface area (Å²) in [6.07, 6.45) is 3.48. The first-order valence-corrected chi connectivity index (χ1v) is 17.1. The van der Waals surface area contributed by atoms with Crippen molar-refractivity contribution in [2.45, 2.75) is 103 Å². The summed E-state index contributed by atoms with van der Waals surface area (Å²) in [5.74, 6) is -0.773. The standard InChI is InChI=1S/C30H41NO6.C9H11FO/c1-5-34-28(35-6-2)16-11-22-9-14-25(15-10-22)31-26(19-27(31)32)24-12-7-23(8-13-24)17-18-30(33)20-36-29(3,4)37-21-30;1-2-9(11)7-3-5-8(10)6-4-7/h7-10,12-15,26,28,33H,5-6,11,16-21H2,1-4H3;3-6,9,11H,2H2,1H3. The maximum absolute atomic E-state index is 12.5. The smallest absolute Gasteiger partial charge is 0.230 e. The fourth-order valence-electron chi connectivity index (χ4n) is 5.75. The monoisotopic (exact) mass is 665 g/mol. The number of aliphatic hydroxyl groups excluding tert-OH is 1. The van der Waals surface area contributed by atoms with E-state index in [1.807, 2.05) is 51.7 Å². The average molecular weight is 666 g/mol. The third kappa shape index (κ3) is 10.7. The van der Waals surface area contributed by atoms with E-state index in [9.17, 15) is 19.4 Å². The lowest BCUT2D eigenvalue weighted by Gasteiger charge is -2.41. The molecule has 2 fully saturated rings. The molecule has 2 aliphatic rings. The number of β-lactam (4-membered cyclic amide) rings is 1. The van der Waals surface area contributed by atoms with Crippen LogP contribution in [0.2, 0.25) is 0 Å². The predicted octanol–water partition coefficient (Wildman–Crippen LogP) is 7.21. The van der Waals surface area contributed by atoms with E-state index in [0.29, 0.717) is 32.5 Å². The molecule has 2 unspecified atom stereocenters. The SMILES string of the molecule is CCC(O)c1ccc(F)cc1.CCOC(CCc1ccc(N2C(=O)CC2c2ccc(CCC3(O)COC(C)(C)OC3)cc2)cc1)OCC. The second kappa shape index (κ2) is 17.5. The van der Waals surface area contributed by atoms with Crippen LogP contribution >= 0.6 is 0 Å². The first-order chi connectivity index (χ1) is 23.0. The van der Waals surface area contributed by atoms with Crippen molar-refractivity contribution in [1.82, 2.24) is 0 Å². The second-order valence-electron chi connectivity index (χ2n) is 12.9. The molecule has 0 saturated carbocycles. The van der Waals surface area contributed by atoms with Crippen LogP contribution in [-0.2, 0) is 36.6 Å². The minimum Gasteiger partial charge on any atom is -0.388 e. The van der Waals surface area contributed by atoms with E-state index < -0.39 is 17.5 Å². The molecule has 0 aliphatic carbocycles. The highest BCUT2D eigenvalue weighted by Gasteiger charge is 2.39. The summed E-state index contributed by atoms with van der Waals surface area (Å²) >= 11 is 0. The largest absolute Gasteiger partial charge is 0.388 e. The number of halogens is 1. The molecule has 8 nitrogen and oxygen atoms in total. The van der Waals surface area contributed by atoms with Gasteiger partial charge in [0, 0.05) is 25.3 Å². The number of aryl methyl sites for hydroxylation is 2. The molecule has 3 aromatic carbocycles. The number of carbonyl (C=O) groups is 1. The first kappa shape index (κ1) is 37.6. The summed E-state index contributed by atoms with van der Waals surface area (Å²) in [6.45, 7) is 11.4. The van der Waals surface area contributed by atoms with Gasteiger partial charge in [0.15, 0.2) is 12.1 Å². The zero-order valence-electron chi connectivity index (χ0n) is 29.0. The quantitative estimate of drug-likeness (QED) is 0.139. The molecule has 3 aromatic rings. The average Bonchev–Trinajstić information content (AvgIpc) is 3.08. The van der Waals surface area contributed by atoms with E-state index in [0.717, 1.165) is 41.6 Å². The van der Waals surface area contributed by atoms with Crippen molar-refractivity contribution in [2.75, 3.05) is 31.3 Å². The van der Waals surface area contributed by atoms with Crippen LogP contribution in [0.3, 0.4) is 0 Å². The molecule has 2 N–H and O–H groups in total. The van der Waals surface area contributed by atoms with Gasteiger partial charge in [0.05, 0.1) is 31.8 Å². The zero-order valence-corrected chi connectivity index (χ0v) is 29.0. The summed E-state index contributed by atoms with van der Waals surface area (Å²) in [6, 6.07) is 22.5. The highest BCUT2D eigenvalue weighted by molar-refractivity contribution is 6.01. The molecule has 2 atom stereocenters. The molecule has 2 aliphatic heterocycles. The molecule has 2 heterocycles. The number of hydrogen-bond donors (Lipinski definition) is 2. The van der Waals surface area contributed by atoms with Crippen LogP contribution in [0.5, 0.6) is 0 Å². The summed E-state index contributed by atoms with van der Waals surface area (Å²) in [5, 5.41) is 20.1. The number of carbonyl (C=O) groups excluding carboxylic acids is 1. The first-order valence-electron chi connectivity index (χ1n) is 17.1. The fraction of sp³-hybridized carbons (Fsp3) is 0.513. The molecule has 0 radical (unpaired) electrons. The van der Waals surface area contributed by atoms with Gasteiger partial charge in [0.1, 0.15) is 11.4 Å². The van der Waals surface area contributed by atoms with Gasteiger partial charge in [-0.15, -0.1) is 0 Å². The number of amides is 1. The van der Waals surface area contributed by atoms with Gasteiger partial charge in [0.2, 0.25) is 5.91 Å². The molecular formula is C39H52FNO7. The van der Waals surface area contributed by atoms with Crippen molar-refractivity contribution in [1.29, 1.82) is 0 Å². The zero-order chi connectivity index (χ0) is 34.7. The van der Waals surface area contributed by atoms with E-state index >= 15 is 0 Å². The van der Waals surface area contributed by atoms with E-state index in [2.05, 4.69) is 36.4 Å². The van der Waals surface area contributed by atoms with Crippen LogP contribution in [0.1, 0.15) is 94.7 Å². The van der Waals surface area contributed by atoms with Crippen LogP contribution in [-0.4, -0.2) is 60.2 Å². The van der Waals surface area contributed by atoms with Crippen LogP contribution in [0.4, 0.5) is 10.1 Å². The Bertz CT molecular complexity index is 1400. The lowest BCUT2D eigenvalue weighted by Crippen LogP contribution is -2.51. The number of aliphatic hydroxyl groups is 2. The molecule has 1 amide bonds. The minimum absolute atomic E-state index is 0.0410. The van der Waals surface area contributed by atoms with Crippen LogP contribution in [0, 0.1) is 5.82 Å². The Labute approximate surface area is 284 Å². The van der Waals surface area contributed by atoms with Crippen molar-refractivity contribution in [3.8, 4) is 0 Å². The summed E-state index contributed by atoms with van der Waals surface area (Å²) in [5.41, 5.74) is 4.18. The lowest BCUT2D eigenvalue weighted by atomic mass is 9.90. The van der Waals surface area contributed by atoms with Gasteiger partial charge in [0.25, 0.3) is 0 Å². The summed E-state index contributed by atoms with van der Waals surface area (Å²) in [7, 11) is 0. The number of rotatable bonds is 14. The maximum Gasteiger partial charge on any atom is 0.230 e. The third-order valence-electron chi connectivity index (χ3n) is 8.80. The number of anilines is 1. The van der Waals surface area contributed by atoms with E-state index in [1.54, 1.807) is 12.1 Å². The van der Waals surface area contributed by atoms with Crippen LogP contribution in [0.25, 0.3) is 0 Å². The van der Waals surface area contributed by atoms with Crippen molar-refractivity contribution in [3.63, 3.8) is 0 Å². The molecule has 262 valence electrons. The normalized spacial score (nSPS) is 19.0. The number of nitrogens with zero attached hydrogens (tertiary/aromatic N) is 1. The van der Waals surface area contributed by atoms with Crippen molar-refractivity contribution in [3.05, 3.63) is 101 Å². The highest BCUT2D eigenvalue weighted by Crippen LogP contribution is 2.39. The Kier molecular flexibility index (Phi) is 13.7. The van der Waals surface area contributed by atoms with Gasteiger partial charge in [-0.2, -0.15) is 0 Å². The fourth-order valence-corrected chi connectivity index (χ4v) is 5.75.